The average Bonchev–Trinajstić information content (AvgIpc) is 3.53. The maximum absolute atomic E-state index is 14.8. The molecule has 2 heterocycles. The summed E-state index contributed by atoms with van der Waals surface area (Å²) in [4.78, 5) is 16.6. The average molecular weight is 542 g/mol. The highest BCUT2D eigenvalue weighted by Crippen LogP contribution is 2.47. The number of sulfone groups is 1. The third kappa shape index (κ3) is 5.38. The van der Waals surface area contributed by atoms with Gasteiger partial charge in [-0.05, 0) is 43.5 Å². The molecule has 14 heteroatoms. The molecule has 0 atom stereocenters. The topological polar surface area (TPSA) is 111 Å². The number of hydrogen-bond acceptors (Lipinski definition) is 7. The minimum absolute atomic E-state index is 0.0790. The van der Waals surface area contributed by atoms with Crippen molar-refractivity contribution in [3.63, 3.8) is 0 Å². The van der Waals surface area contributed by atoms with E-state index >= 15 is 0 Å². The largest absolute Gasteiger partial charge is 0.435 e. The van der Waals surface area contributed by atoms with Gasteiger partial charge in [-0.2, -0.15) is 17.6 Å². The first-order valence-corrected chi connectivity index (χ1v) is 12.6. The van der Waals surface area contributed by atoms with Gasteiger partial charge >= 0.3 is 6.18 Å². The van der Waals surface area contributed by atoms with Crippen LogP contribution in [-0.2, 0) is 21.4 Å². The van der Waals surface area contributed by atoms with E-state index in [0.717, 1.165) is 25.3 Å². The summed E-state index contributed by atoms with van der Waals surface area (Å²) in [5.41, 5.74) is -3.49. The van der Waals surface area contributed by atoms with Crippen LogP contribution in [0.1, 0.15) is 47.1 Å². The van der Waals surface area contributed by atoms with E-state index in [-0.39, 0.29) is 16.3 Å². The number of carbonyl (C=O) groups excluding carboxylic acids is 1. The Morgan fingerprint density at radius 2 is 1.81 bits per heavy atom. The van der Waals surface area contributed by atoms with Crippen LogP contribution in [-0.4, -0.2) is 35.8 Å². The van der Waals surface area contributed by atoms with Gasteiger partial charge in [-0.25, -0.2) is 17.8 Å². The molecule has 0 radical (unpaired) electrons. The lowest BCUT2D eigenvalue weighted by molar-refractivity contribution is -0.142. The molecule has 0 spiro atoms. The Kier molecular flexibility index (Phi) is 6.42. The number of amides is 1. The van der Waals surface area contributed by atoms with Crippen molar-refractivity contribution in [2.45, 2.75) is 43.2 Å². The number of benzene rings is 1. The Bertz CT molecular complexity index is 1500. The van der Waals surface area contributed by atoms with E-state index in [1.807, 2.05) is 0 Å². The molecule has 1 aromatic carbocycles. The lowest BCUT2D eigenvalue weighted by Gasteiger charge is -2.17. The summed E-state index contributed by atoms with van der Waals surface area (Å²) >= 11 is 0. The molecule has 196 valence electrons. The Morgan fingerprint density at radius 3 is 2.38 bits per heavy atom. The van der Waals surface area contributed by atoms with Gasteiger partial charge in [0, 0.05) is 23.4 Å². The van der Waals surface area contributed by atoms with Gasteiger partial charge in [0.2, 0.25) is 5.75 Å². The highest BCUT2D eigenvalue weighted by molar-refractivity contribution is 7.90. The molecule has 4 rings (SSSR count). The van der Waals surface area contributed by atoms with Crippen molar-refractivity contribution in [1.29, 1.82) is 0 Å². The number of pyridine rings is 1. The Labute approximate surface area is 207 Å². The fraction of sp³-hybridized carbons (Fsp3) is 0.304. The van der Waals surface area contributed by atoms with E-state index in [0.29, 0.717) is 12.8 Å². The second kappa shape index (κ2) is 9.01. The smallest absolute Gasteiger partial charge is 0.429 e. The van der Waals surface area contributed by atoms with Gasteiger partial charge in [-0.15, -0.1) is 10.2 Å². The minimum Gasteiger partial charge on any atom is -0.429 e. The molecule has 1 aliphatic rings. The van der Waals surface area contributed by atoms with E-state index in [9.17, 15) is 35.2 Å². The fourth-order valence-corrected chi connectivity index (χ4v) is 4.19. The first-order valence-electron chi connectivity index (χ1n) is 10.7. The van der Waals surface area contributed by atoms with E-state index in [1.54, 1.807) is 6.92 Å². The van der Waals surface area contributed by atoms with Gasteiger partial charge in [0.1, 0.15) is 5.56 Å². The predicted molar refractivity (Wildman–Crippen MR) is 120 cm³/mol. The van der Waals surface area contributed by atoms with Crippen LogP contribution in [0.25, 0.3) is 0 Å². The molecule has 1 aliphatic carbocycles. The number of aromatic nitrogens is 3. The van der Waals surface area contributed by atoms with Gasteiger partial charge in [-0.3, -0.25) is 4.79 Å². The number of nitrogens with zero attached hydrogens (tertiary/aromatic N) is 3. The van der Waals surface area contributed by atoms with Crippen LogP contribution in [0.3, 0.4) is 0 Å². The summed E-state index contributed by atoms with van der Waals surface area (Å²) in [5, 5.41) is 8.58. The second-order valence-corrected chi connectivity index (χ2v) is 10.9. The van der Waals surface area contributed by atoms with Crippen LogP contribution in [0.4, 0.5) is 27.6 Å². The van der Waals surface area contributed by atoms with Gasteiger partial charge in [-0.1, -0.05) is 13.0 Å². The van der Waals surface area contributed by atoms with Gasteiger partial charge in [0.25, 0.3) is 17.7 Å². The van der Waals surface area contributed by atoms with Crippen LogP contribution >= 0.6 is 0 Å². The van der Waals surface area contributed by atoms with E-state index in [4.69, 9.17) is 4.74 Å². The van der Waals surface area contributed by atoms with Crippen molar-refractivity contribution < 1.29 is 39.9 Å². The third-order valence-electron chi connectivity index (χ3n) is 5.90. The van der Waals surface area contributed by atoms with Gasteiger partial charge in [0.15, 0.2) is 21.3 Å². The van der Waals surface area contributed by atoms with Crippen molar-refractivity contribution in [2.75, 3.05) is 11.6 Å². The monoisotopic (exact) mass is 542 g/mol. The molecule has 1 N–H and O–H groups in total. The summed E-state index contributed by atoms with van der Waals surface area (Å²) in [7, 11) is -3.67. The first-order chi connectivity index (χ1) is 17.1. The molecule has 0 aliphatic heterocycles. The summed E-state index contributed by atoms with van der Waals surface area (Å²) < 4.78 is 98.7. The quantitative estimate of drug-likeness (QED) is 0.346. The predicted octanol–water partition coefficient (Wildman–Crippen LogP) is 4.98. The minimum atomic E-state index is -5.01. The molecule has 0 saturated heterocycles. The van der Waals surface area contributed by atoms with Crippen molar-refractivity contribution in [1.82, 2.24) is 15.2 Å². The normalized spacial score (nSPS) is 14.8. The lowest BCUT2D eigenvalue weighted by atomic mass is 10.0. The lowest BCUT2D eigenvalue weighted by Crippen LogP contribution is -2.21. The van der Waals surface area contributed by atoms with E-state index in [1.165, 1.54) is 18.2 Å². The SMILES string of the molecule is Cc1c(C(F)(F)F)nnc(Oc2c(F)cc(C3(C)CC3)nc2F)c1C(=O)Nc1cccc(S(C)(=O)=O)c1. The number of nitrogens with one attached hydrogen (secondary N) is 1. The zero-order valence-electron chi connectivity index (χ0n) is 19.6. The first kappa shape index (κ1) is 26.4. The van der Waals surface area contributed by atoms with Crippen LogP contribution < -0.4 is 10.1 Å². The van der Waals surface area contributed by atoms with Crippen LogP contribution in [0.5, 0.6) is 11.6 Å². The van der Waals surface area contributed by atoms with Crippen molar-refractivity contribution in [2.24, 2.45) is 0 Å². The Morgan fingerprint density at radius 1 is 1.14 bits per heavy atom. The molecule has 1 amide bonds. The molecular formula is C23H19F5N4O4S. The summed E-state index contributed by atoms with van der Waals surface area (Å²) in [6.45, 7) is 2.68. The molecule has 1 fully saturated rings. The number of ether oxygens (including phenoxy) is 1. The van der Waals surface area contributed by atoms with Crippen LogP contribution in [0.2, 0.25) is 0 Å². The molecule has 8 nitrogen and oxygen atoms in total. The number of alkyl halides is 3. The molecule has 1 saturated carbocycles. The maximum Gasteiger partial charge on any atom is 0.435 e. The molecule has 37 heavy (non-hydrogen) atoms. The number of anilines is 1. The number of rotatable bonds is 6. The Hall–Kier alpha value is -3.68. The molecule has 3 aromatic rings. The number of hydrogen-bond donors (Lipinski definition) is 1. The van der Waals surface area contributed by atoms with Crippen LogP contribution in [0, 0.1) is 18.7 Å². The molecular weight excluding hydrogens is 523 g/mol. The van der Waals surface area contributed by atoms with E-state index in [2.05, 4.69) is 20.5 Å². The third-order valence-corrected chi connectivity index (χ3v) is 7.01. The summed E-state index contributed by atoms with van der Waals surface area (Å²) in [6.07, 6.45) is -2.74. The van der Waals surface area contributed by atoms with E-state index < -0.39 is 67.6 Å². The van der Waals surface area contributed by atoms with Gasteiger partial charge < -0.3 is 10.1 Å². The molecule has 2 aromatic heterocycles. The van der Waals surface area contributed by atoms with Crippen molar-refractivity contribution in [3.8, 4) is 11.6 Å². The fourth-order valence-electron chi connectivity index (χ4n) is 3.52. The highest BCUT2D eigenvalue weighted by atomic mass is 32.2. The summed E-state index contributed by atoms with van der Waals surface area (Å²) in [6, 6.07) is 5.89. The van der Waals surface area contributed by atoms with Crippen molar-refractivity contribution >= 4 is 21.4 Å². The zero-order valence-corrected chi connectivity index (χ0v) is 20.4. The standard InChI is InChI=1S/C23H19F5N4O4S/c1-11-16(20(33)29-12-5-4-6-13(9-12)37(3,34)35)21(32-31-18(11)23(26,27)28)36-17-14(24)10-15(30-19(17)25)22(2)7-8-22/h4-6,9-10H,7-8H2,1-3H3,(H,29,33). The second-order valence-electron chi connectivity index (χ2n) is 8.88. The highest BCUT2D eigenvalue weighted by Gasteiger charge is 2.42. The Balaban J connectivity index is 1.77. The van der Waals surface area contributed by atoms with Crippen LogP contribution in [0.15, 0.2) is 35.2 Å². The number of carbonyl (C=O) groups is 1. The molecule has 0 unspecified atom stereocenters. The zero-order chi connectivity index (χ0) is 27.3. The maximum atomic E-state index is 14.8. The summed E-state index contributed by atoms with van der Waals surface area (Å²) in [5.74, 6) is -5.77. The van der Waals surface area contributed by atoms with Gasteiger partial charge in [0.05, 0.1) is 10.6 Å². The van der Waals surface area contributed by atoms with Crippen molar-refractivity contribution in [3.05, 3.63) is 64.6 Å². The molecule has 0 bridgehead atoms. The number of halogens is 5.